The summed E-state index contributed by atoms with van der Waals surface area (Å²) in [7, 11) is 0. The fraction of sp³-hybridized carbons (Fsp3) is 0. The highest BCUT2D eigenvalue weighted by molar-refractivity contribution is 6.34. The van der Waals surface area contributed by atoms with Crippen molar-refractivity contribution >= 4 is 82.0 Å². The van der Waals surface area contributed by atoms with Gasteiger partial charge in [0, 0.05) is 43.3 Å². The van der Waals surface area contributed by atoms with Gasteiger partial charge in [-0.15, -0.1) is 0 Å². The van der Waals surface area contributed by atoms with E-state index in [1.54, 1.807) is 0 Å². The molecule has 5 heteroatoms. The van der Waals surface area contributed by atoms with E-state index >= 15 is 0 Å². The highest BCUT2D eigenvalue weighted by atomic mass is 16.3. The molecule has 12 aromatic rings. The summed E-state index contributed by atoms with van der Waals surface area (Å²) in [5.41, 5.74) is 11.3. The molecule has 5 aromatic heterocycles. The first kappa shape index (κ1) is 26.9. The first-order valence-corrected chi connectivity index (χ1v) is 17.3. The van der Waals surface area contributed by atoms with Crippen LogP contribution in [0.3, 0.4) is 0 Å². The monoisotopic (exact) mass is 650 g/mol. The van der Waals surface area contributed by atoms with Crippen molar-refractivity contribution in [3.8, 4) is 28.3 Å². The lowest BCUT2D eigenvalue weighted by Crippen LogP contribution is -2.03. The van der Waals surface area contributed by atoms with Crippen molar-refractivity contribution in [1.29, 1.82) is 0 Å². The predicted molar refractivity (Wildman–Crippen MR) is 209 cm³/mol. The van der Waals surface area contributed by atoms with Gasteiger partial charge >= 0.3 is 0 Å². The minimum Gasteiger partial charge on any atom is -0.437 e. The Bertz CT molecular complexity index is 3350. The van der Waals surface area contributed by atoms with E-state index in [9.17, 15) is 0 Å². The molecule has 5 heterocycles. The van der Waals surface area contributed by atoms with Crippen LogP contribution >= 0.6 is 0 Å². The lowest BCUT2D eigenvalue weighted by atomic mass is 10.0. The Morgan fingerprint density at radius 1 is 0.412 bits per heavy atom. The minimum absolute atomic E-state index is 0.571. The molecule has 51 heavy (non-hydrogen) atoms. The quantitative estimate of drug-likeness (QED) is 0.191. The molecule has 0 saturated heterocycles. The first-order chi connectivity index (χ1) is 25.3. The predicted octanol–water partition coefficient (Wildman–Crippen LogP) is 12.0. The molecule has 0 aliphatic carbocycles. The number of fused-ring (bicyclic) bond motifs is 13. The van der Waals surface area contributed by atoms with Crippen molar-refractivity contribution in [1.82, 2.24) is 18.9 Å². The summed E-state index contributed by atoms with van der Waals surface area (Å²) in [5, 5.41) is 9.17. The number of nitrogens with zero attached hydrogens (tertiary/aromatic N) is 4. The summed E-state index contributed by atoms with van der Waals surface area (Å²) >= 11 is 0. The lowest BCUT2D eigenvalue weighted by Gasteiger charge is -2.11. The molecule has 0 bridgehead atoms. The van der Waals surface area contributed by atoms with Gasteiger partial charge in [0.2, 0.25) is 11.7 Å². The normalized spacial score (nSPS) is 12.3. The molecule has 236 valence electrons. The highest BCUT2D eigenvalue weighted by Crippen LogP contribution is 2.46. The molecule has 0 amide bonds. The number of hydrogen-bond donors (Lipinski definition) is 0. The molecule has 0 N–H and O–H groups in total. The van der Waals surface area contributed by atoms with Crippen LogP contribution in [0.25, 0.3) is 110 Å². The third-order valence-corrected chi connectivity index (χ3v) is 10.7. The smallest absolute Gasteiger partial charge is 0.238 e. The molecular weight excluding hydrogens is 625 g/mol. The Labute approximate surface area is 290 Å². The van der Waals surface area contributed by atoms with Gasteiger partial charge in [0.15, 0.2) is 0 Å². The summed E-state index contributed by atoms with van der Waals surface area (Å²) in [5.74, 6) is 0.581. The summed E-state index contributed by atoms with van der Waals surface area (Å²) in [6.45, 7) is 0. The van der Waals surface area contributed by atoms with Crippen molar-refractivity contribution in [2.45, 2.75) is 0 Å². The van der Waals surface area contributed by atoms with Gasteiger partial charge in [-0.1, -0.05) is 127 Å². The van der Waals surface area contributed by atoms with E-state index in [4.69, 9.17) is 14.4 Å². The van der Waals surface area contributed by atoms with E-state index in [2.05, 4.69) is 142 Å². The van der Waals surface area contributed by atoms with Crippen LogP contribution in [-0.4, -0.2) is 18.9 Å². The van der Waals surface area contributed by atoms with Crippen LogP contribution < -0.4 is 0 Å². The van der Waals surface area contributed by atoms with Crippen LogP contribution in [0.5, 0.6) is 0 Å². The molecule has 12 rings (SSSR count). The van der Waals surface area contributed by atoms with Crippen molar-refractivity contribution < 1.29 is 4.42 Å². The largest absolute Gasteiger partial charge is 0.437 e. The second-order valence-corrected chi connectivity index (χ2v) is 13.4. The number of furan rings is 1. The van der Waals surface area contributed by atoms with Gasteiger partial charge in [-0.3, -0.25) is 4.57 Å². The molecule has 0 spiro atoms. The second-order valence-electron chi connectivity index (χ2n) is 13.4. The SMILES string of the molecule is c1ccc(-c2ccc(-c3nc(-n4c5ccccc5c5cc6c7ccccc7n7c8ccccc8c(c54)c67)nc4oc5ccccc5c34)cc2)cc1. The number of hydrogen-bond acceptors (Lipinski definition) is 3. The van der Waals surface area contributed by atoms with Crippen molar-refractivity contribution in [3.05, 3.63) is 158 Å². The molecule has 0 fully saturated rings. The topological polar surface area (TPSA) is 48.3 Å². The Morgan fingerprint density at radius 3 is 1.76 bits per heavy atom. The summed E-state index contributed by atoms with van der Waals surface area (Å²) in [6.07, 6.45) is 0. The Balaban J connectivity index is 1.23. The Hall–Kier alpha value is -6.98. The molecule has 0 radical (unpaired) electrons. The Kier molecular flexibility index (Phi) is 5.17. The van der Waals surface area contributed by atoms with E-state index < -0.39 is 0 Å². The molecule has 7 aromatic carbocycles. The van der Waals surface area contributed by atoms with E-state index in [0.29, 0.717) is 11.7 Å². The molecule has 0 saturated carbocycles. The second kappa shape index (κ2) is 9.80. The van der Waals surface area contributed by atoms with Gasteiger partial charge < -0.3 is 8.82 Å². The van der Waals surface area contributed by atoms with Crippen molar-refractivity contribution in [3.63, 3.8) is 0 Å². The zero-order valence-electron chi connectivity index (χ0n) is 27.2. The lowest BCUT2D eigenvalue weighted by molar-refractivity contribution is 0.651. The van der Waals surface area contributed by atoms with Crippen LogP contribution in [0.2, 0.25) is 0 Å². The van der Waals surface area contributed by atoms with Crippen LogP contribution in [0.15, 0.2) is 162 Å². The average molecular weight is 651 g/mol. The van der Waals surface area contributed by atoms with Crippen LogP contribution in [0.4, 0.5) is 0 Å². The number of rotatable bonds is 3. The fourth-order valence-corrected chi connectivity index (χ4v) is 8.54. The number of para-hydroxylation sites is 4. The number of aromatic nitrogens is 4. The van der Waals surface area contributed by atoms with Crippen LogP contribution in [0, 0.1) is 0 Å². The van der Waals surface area contributed by atoms with Gasteiger partial charge in [0.25, 0.3) is 0 Å². The van der Waals surface area contributed by atoms with Crippen LogP contribution in [0.1, 0.15) is 0 Å². The van der Waals surface area contributed by atoms with Gasteiger partial charge in [-0.05, 0) is 41.5 Å². The number of benzene rings is 7. The van der Waals surface area contributed by atoms with E-state index in [0.717, 1.165) is 49.6 Å². The first-order valence-electron chi connectivity index (χ1n) is 17.3. The molecule has 5 nitrogen and oxygen atoms in total. The standard InChI is InChI=1S/C46H26N4O/c1-2-12-27(13-3-1)28-22-24-29(25-23-28)42-40-33-17-7-11-21-39(33)51-45(40)48-46(47-42)50-37-19-9-5-15-31(37)35-26-34-30-14-4-8-18-36(30)49-38-20-10-6-16-32(38)41(43(34)49)44(35)50/h1-26H. The van der Waals surface area contributed by atoms with Crippen molar-refractivity contribution in [2.75, 3.05) is 0 Å². The van der Waals surface area contributed by atoms with E-state index in [1.807, 2.05) is 24.3 Å². The summed E-state index contributed by atoms with van der Waals surface area (Å²) in [6, 6.07) is 55.8. The third-order valence-electron chi connectivity index (χ3n) is 10.7. The molecule has 0 unspecified atom stereocenters. The maximum absolute atomic E-state index is 6.54. The van der Waals surface area contributed by atoms with Gasteiger partial charge in [-0.25, -0.2) is 4.98 Å². The zero-order valence-corrected chi connectivity index (χ0v) is 27.2. The van der Waals surface area contributed by atoms with Gasteiger partial charge in [-0.2, -0.15) is 4.98 Å². The minimum atomic E-state index is 0.571. The van der Waals surface area contributed by atoms with Crippen LogP contribution in [-0.2, 0) is 0 Å². The van der Waals surface area contributed by atoms with Crippen molar-refractivity contribution in [2.24, 2.45) is 0 Å². The molecular formula is C46H26N4O. The van der Waals surface area contributed by atoms with Gasteiger partial charge in [0.05, 0.1) is 38.7 Å². The maximum Gasteiger partial charge on any atom is 0.238 e. The molecule has 0 aliphatic heterocycles. The zero-order chi connectivity index (χ0) is 33.2. The maximum atomic E-state index is 6.54. The Morgan fingerprint density at radius 2 is 0.980 bits per heavy atom. The summed E-state index contributed by atoms with van der Waals surface area (Å²) in [4.78, 5) is 10.8. The molecule has 0 aliphatic rings. The fourth-order valence-electron chi connectivity index (χ4n) is 8.54. The highest BCUT2D eigenvalue weighted by Gasteiger charge is 2.26. The average Bonchev–Trinajstić information content (AvgIpc) is 3.93. The van der Waals surface area contributed by atoms with E-state index in [1.165, 1.54) is 49.0 Å². The third kappa shape index (κ3) is 3.54. The molecule has 0 atom stereocenters. The van der Waals surface area contributed by atoms with E-state index in [-0.39, 0.29) is 0 Å². The van der Waals surface area contributed by atoms with Gasteiger partial charge in [0.1, 0.15) is 5.58 Å². The summed E-state index contributed by atoms with van der Waals surface area (Å²) < 4.78 is 11.2.